The summed E-state index contributed by atoms with van der Waals surface area (Å²) in [5.41, 5.74) is 3.07. The third-order valence-electron chi connectivity index (χ3n) is 2.54. The monoisotopic (exact) mass is 339 g/mol. The molecule has 1 atom stereocenters. The number of rotatable bonds is 3. The smallest absolute Gasteiger partial charge is 0.0835 e. The summed E-state index contributed by atoms with van der Waals surface area (Å²) in [6, 6.07) is 8.44. The number of benzene rings is 1. The molecule has 0 saturated carbocycles. The quantitative estimate of drug-likeness (QED) is 0.869. The normalized spacial score (nSPS) is 12.2. The van der Waals surface area contributed by atoms with Gasteiger partial charge >= 0.3 is 0 Å². The molecule has 0 saturated heterocycles. The van der Waals surface area contributed by atoms with Gasteiger partial charge in [0.2, 0.25) is 0 Å². The molecule has 4 heteroatoms. The van der Waals surface area contributed by atoms with Gasteiger partial charge in [-0.1, -0.05) is 6.07 Å². The van der Waals surface area contributed by atoms with Crippen molar-refractivity contribution in [1.82, 2.24) is 9.97 Å². The standard InChI is InChI=1S/C13H14IN3/c1-9-13(16-7-6-15-9)10(2)17-12-5-3-4-11(14)8-12/h3-8,10,17H,1-2H3. The van der Waals surface area contributed by atoms with Crippen molar-refractivity contribution < 1.29 is 0 Å². The van der Waals surface area contributed by atoms with Crippen LogP contribution in [0.15, 0.2) is 36.7 Å². The van der Waals surface area contributed by atoms with E-state index < -0.39 is 0 Å². The first-order chi connectivity index (χ1) is 8.16. The van der Waals surface area contributed by atoms with Crippen molar-refractivity contribution in [2.24, 2.45) is 0 Å². The number of hydrogen-bond acceptors (Lipinski definition) is 3. The second kappa shape index (κ2) is 5.44. The van der Waals surface area contributed by atoms with E-state index in [4.69, 9.17) is 0 Å². The average Bonchev–Trinajstić information content (AvgIpc) is 2.29. The van der Waals surface area contributed by atoms with Crippen LogP contribution >= 0.6 is 22.6 Å². The van der Waals surface area contributed by atoms with Gasteiger partial charge in [0.05, 0.1) is 17.4 Å². The molecular weight excluding hydrogens is 325 g/mol. The summed E-state index contributed by atoms with van der Waals surface area (Å²) in [5, 5.41) is 3.43. The van der Waals surface area contributed by atoms with E-state index in [1.165, 1.54) is 3.57 Å². The van der Waals surface area contributed by atoms with Crippen molar-refractivity contribution in [2.75, 3.05) is 5.32 Å². The molecule has 2 rings (SSSR count). The van der Waals surface area contributed by atoms with E-state index in [9.17, 15) is 0 Å². The topological polar surface area (TPSA) is 37.8 Å². The number of anilines is 1. The number of halogens is 1. The van der Waals surface area contributed by atoms with Gasteiger partial charge in [-0.15, -0.1) is 0 Å². The molecule has 0 aliphatic rings. The largest absolute Gasteiger partial charge is 0.377 e. The first kappa shape index (κ1) is 12.3. The molecule has 17 heavy (non-hydrogen) atoms. The Morgan fingerprint density at radius 1 is 1.24 bits per heavy atom. The number of nitrogens with zero attached hydrogens (tertiary/aromatic N) is 2. The minimum atomic E-state index is 0.155. The Kier molecular flexibility index (Phi) is 3.93. The molecule has 3 nitrogen and oxygen atoms in total. The van der Waals surface area contributed by atoms with Gasteiger partial charge in [0.25, 0.3) is 0 Å². The van der Waals surface area contributed by atoms with Crippen molar-refractivity contribution in [3.05, 3.63) is 51.6 Å². The van der Waals surface area contributed by atoms with Crippen LogP contribution in [0.3, 0.4) is 0 Å². The van der Waals surface area contributed by atoms with Gasteiger partial charge in [0.1, 0.15) is 0 Å². The maximum atomic E-state index is 4.37. The zero-order valence-electron chi connectivity index (χ0n) is 9.81. The molecule has 0 bridgehead atoms. The predicted molar refractivity (Wildman–Crippen MR) is 78.0 cm³/mol. The lowest BCUT2D eigenvalue weighted by atomic mass is 10.2. The van der Waals surface area contributed by atoms with Crippen LogP contribution in [0.1, 0.15) is 24.4 Å². The van der Waals surface area contributed by atoms with Gasteiger partial charge in [-0.05, 0) is 54.6 Å². The zero-order chi connectivity index (χ0) is 12.3. The van der Waals surface area contributed by atoms with Crippen LogP contribution in [0.2, 0.25) is 0 Å². The molecule has 1 heterocycles. The molecule has 1 N–H and O–H groups in total. The molecule has 1 aromatic carbocycles. The molecule has 88 valence electrons. The lowest BCUT2D eigenvalue weighted by molar-refractivity contribution is 0.810. The number of aryl methyl sites for hydroxylation is 1. The van der Waals surface area contributed by atoms with Crippen molar-refractivity contribution in [3.63, 3.8) is 0 Å². The fourth-order valence-corrected chi connectivity index (χ4v) is 2.28. The molecular formula is C13H14IN3. The third-order valence-corrected chi connectivity index (χ3v) is 3.21. The lowest BCUT2D eigenvalue weighted by Gasteiger charge is -2.16. The van der Waals surface area contributed by atoms with Crippen LogP contribution < -0.4 is 5.32 Å². The first-order valence-corrected chi connectivity index (χ1v) is 6.54. The molecule has 0 amide bonds. The van der Waals surface area contributed by atoms with E-state index >= 15 is 0 Å². The fraction of sp³-hybridized carbons (Fsp3) is 0.231. The van der Waals surface area contributed by atoms with E-state index in [2.05, 4.69) is 63.0 Å². The maximum Gasteiger partial charge on any atom is 0.0835 e. The molecule has 0 radical (unpaired) electrons. The molecule has 0 spiro atoms. The average molecular weight is 339 g/mol. The van der Waals surface area contributed by atoms with Gasteiger partial charge in [0.15, 0.2) is 0 Å². The van der Waals surface area contributed by atoms with Crippen LogP contribution in [-0.4, -0.2) is 9.97 Å². The highest BCUT2D eigenvalue weighted by Gasteiger charge is 2.10. The molecule has 0 fully saturated rings. The lowest BCUT2D eigenvalue weighted by Crippen LogP contribution is -2.10. The molecule has 1 aromatic heterocycles. The summed E-state index contributed by atoms with van der Waals surface area (Å²) in [4.78, 5) is 8.63. The Morgan fingerprint density at radius 3 is 2.71 bits per heavy atom. The minimum absolute atomic E-state index is 0.155. The summed E-state index contributed by atoms with van der Waals surface area (Å²) in [6.07, 6.45) is 3.45. The van der Waals surface area contributed by atoms with Crippen molar-refractivity contribution in [2.45, 2.75) is 19.9 Å². The summed E-state index contributed by atoms with van der Waals surface area (Å²) in [6.45, 7) is 4.08. The summed E-state index contributed by atoms with van der Waals surface area (Å²) in [7, 11) is 0. The van der Waals surface area contributed by atoms with Crippen LogP contribution in [0.5, 0.6) is 0 Å². The number of hydrogen-bond donors (Lipinski definition) is 1. The van der Waals surface area contributed by atoms with E-state index in [-0.39, 0.29) is 6.04 Å². The van der Waals surface area contributed by atoms with Crippen LogP contribution in [0.4, 0.5) is 5.69 Å². The highest BCUT2D eigenvalue weighted by atomic mass is 127. The van der Waals surface area contributed by atoms with Crippen LogP contribution in [0, 0.1) is 10.5 Å². The van der Waals surface area contributed by atoms with Gasteiger partial charge in [-0.3, -0.25) is 9.97 Å². The second-order valence-electron chi connectivity index (χ2n) is 3.90. The van der Waals surface area contributed by atoms with E-state index in [1.54, 1.807) is 12.4 Å². The SMILES string of the molecule is Cc1nccnc1C(C)Nc1cccc(I)c1. The fourth-order valence-electron chi connectivity index (χ4n) is 1.74. The highest BCUT2D eigenvalue weighted by Crippen LogP contribution is 2.20. The van der Waals surface area contributed by atoms with Gasteiger partial charge in [-0.25, -0.2) is 0 Å². The van der Waals surface area contributed by atoms with Crippen LogP contribution in [-0.2, 0) is 0 Å². The van der Waals surface area contributed by atoms with E-state index in [0.717, 1.165) is 17.1 Å². The van der Waals surface area contributed by atoms with E-state index in [1.807, 2.05) is 13.0 Å². The number of aromatic nitrogens is 2. The number of nitrogens with one attached hydrogen (secondary N) is 1. The van der Waals surface area contributed by atoms with Gasteiger partial charge in [0, 0.05) is 21.7 Å². The summed E-state index contributed by atoms with van der Waals surface area (Å²) in [5.74, 6) is 0. The maximum absolute atomic E-state index is 4.37. The summed E-state index contributed by atoms with van der Waals surface area (Å²) >= 11 is 2.31. The van der Waals surface area contributed by atoms with Gasteiger partial charge < -0.3 is 5.32 Å². The van der Waals surface area contributed by atoms with Crippen molar-refractivity contribution in [3.8, 4) is 0 Å². The first-order valence-electron chi connectivity index (χ1n) is 5.46. The van der Waals surface area contributed by atoms with Gasteiger partial charge in [-0.2, -0.15) is 0 Å². The summed E-state index contributed by atoms with van der Waals surface area (Å²) < 4.78 is 1.22. The Labute approximate surface area is 115 Å². The Morgan fingerprint density at radius 2 is 2.00 bits per heavy atom. The molecule has 0 aliphatic heterocycles. The molecule has 1 unspecified atom stereocenters. The highest BCUT2D eigenvalue weighted by molar-refractivity contribution is 14.1. The minimum Gasteiger partial charge on any atom is -0.377 e. The molecule has 2 aromatic rings. The van der Waals surface area contributed by atoms with Crippen molar-refractivity contribution >= 4 is 28.3 Å². The van der Waals surface area contributed by atoms with Crippen LogP contribution in [0.25, 0.3) is 0 Å². The Bertz CT molecular complexity index is 514. The zero-order valence-corrected chi connectivity index (χ0v) is 12.0. The Hall–Kier alpha value is -1.17. The predicted octanol–water partition coefficient (Wildman–Crippen LogP) is 3.56. The molecule has 0 aliphatic carbocycles. The van der Waals surface area contributed by atoms with E-state index in [0.29, 0.717) is 0 Å². The second-order valence-corrected chi connectivity index (χ2v) is 5.15. The Balaban J connectivity index is 2.17. The third kappa shape index (κ3) is 3.15. The van der Waals surface area contributed by atoms with Crippen molar-refractivity contribution in [1.29, 1.82) is 0 Å².